The van der Waals surface area contributed by atoms with E-state index in [2.05, 4.69) is 21.1 Å². The van der Waals surface area contributed by atoms with Gasteiger partial charge in [0.1, 0.15) is 12.1 Å². The minimum absolute atomic E-state index is 0.263. The second kappa shape index (κ2) is 2.92. The first-order valence-corrected chi connectivity index (χ1v) is 4.22. The van der Waals surface area contributed by atoms with Gasteiger partial charge >= 0.3 is 0 Å². The molecule has 0 unspecified atom stereocenters. The van der Waals surface area contributed by atoms with Crippen molar-refractivity contribution in [3.05, 3.63) is 40.7 Å². The van der Waals surface area contributed by atoms with E-state index in [1.807, 2.05) is 0 Å². The molecular formula is C8H4BrFN2O. The molecule has 1 heterocycles. The van der Waals surface area contributed by atoms with Crippen LogP contribution in [0, 0.1) is 5.82 Å². The molecule has 0 saturated carbocycles. The zero-order valence-corrected chi connectivity index (χ0v) is 7.95. The van der Waals surface area contributed by atoms with Gasteiger partial charge in [0.05, 0.1) is 27.1 Å². The number of rotatable bonds is 0. The zero-order chi connectivity index (χ0) is 9.42. The molecule has 0 aliphatic heterocycles. The van der Waals surface area contributed by atoms with Crippen LogP contribution in [-0.2, 0) is 0 Å². The Morgan fingerprint density at radius 2 is 2.23 bits per heavy atom. The summed E-state index contributed by atoms with van der Waals surface area (Å²) in [6.07, 6.45) is 1.34. The van der Waals surface area contributed by atoms with Crippen molar-refractivity contribution in [3.63, 3.8) is 0 Å². The fourth-order valence-corrected chi connectivity index (χ4v) is 1.50. The second-order valence-electron chi connectivity index (χ2n) is 2.52. The van der Waals surface area contributed by atoms with Crippen LogP contribution in [0.3, 0.4) is 0 Å². The number of hydrogen-bond donors (Lipinski definition) is 0. The molecule has 0 aliphatic rings. The van der Waals surface area contributed by atoms with Crippen LogP contribution >= 0.6 is 16.1 Å². The first kappa shape index (κ1) is 8.37. The average Bonchev–Trinajstić information content (AvgIpc) is 2.12. The van der Waals surface area contributed by atoms with Crippen LogP contribution in [0.1, 0.15) is 0 Å². The monoisotopic (exact) mass is 242 g/mol. The Bertz CT molecular complexity index is 523. The van der Waals surface area contributed by atoms with Crippen LogP contribution in [0.25, 0.3) is 10.9 Å². The molecule has 1 aromatic carbocycles. The Kier molecular flexibility index (Phi) is 1.88. The molecule has 66 valence electrons. The van der Waals surface area contributed by atoms with Crippen LogP contribution in [-0.4, -0.2) is 8.58 Å². The number of aromatic nitrogens is 2. The molecule has 5 heteroatoms. The van der Waals surface area contributed by atoms with Crippen LogP contribution < -0.4 is 5.56 Å². The predicted molar refractivity (Wildman–Crippen MR) is 50.3 cm³/mol. The smallest absolute Gasteiger partial charge is 0.267 e. The van der Waals surface area contributed by atoms with E-state index in [9.17, 15) is 9.18 Å². The van der Waals surface area contributed by atoms with Gasteiger partial charge in [-0.3, -0.25) is 8.39 Å². The standard InChI is InChI=1S/C8H4BrFN2O/c9-12-4-11-8(13)6-3-5(10)1-2-7(6)12/h1-4H. The van der Waals surface area contributed by atoms with E-state index in [-0.39, 0.29) is 5.39 Å². The second-order valence-corrected chi connectivity index (χ2v) is 3.29. The fraction of sp³-hybridized carbons (Fsp3) is 0. The highest BCUT2D eigenvalue weighted by Gasteiger charge is 2.02. The van der Waals surface area contributed by atoms with Gasteiger partial charge in [-0.05, 0) is 18.2 Å². The Balaban J connectivity index is 3.01. The average molecular weight is 243 g/mol. The highest BCUT2D eigenvalue weighted by Crippen LogP contribution is 2.12. The van der Waals surface area contributed by atoms with Crippen molar-refractivity contribution in [2.75, 3.05) is 0 Å². The molecule has 0 atom stereocenters. The largest absolute Gasteiger partial charge is 0.280 e. The summed E-state index contributed by atoms with van der Waals surface area (Å²) in [5.41, 5.74) is 0.173. The van der Waals surface area contributed by atoms with Gasteiger partial charge < -0.3 is 0 Å². The molecule has 2 aromatic rings. The predicted octanol–water partition coefficient (Wildman–Crippen LogP) is 1.69. The van der Waals surface area contributed by atoms with Gasteiger partial charge in [0, 0.05) is 0 Å². The van der Waals surface area contributed by atoms with E-state index in [1.54, 1.807) is 0 Å². The zero-order valence-electron chi connectivity index (χ0n) is 6.37. The summed E-state index contributed by atoms with van der Waals surface area (Å²) in [4.78, 5) is 14.7. The van der Waals surface area contributed by atoms with E-state index in [1.165, 1.54) is 28.1 Å². The Hall–Kier alpha value is -1.23. The number of nitrogens with zero attached hydrogens (tertiary/aromatic N) is 2. The van der Waals surface area contributed by atoms with E-state index in [0.717, 1.165) is 0 Å². The van der Waals surface area contributed by atoms with Crippen molar-refractivity contribution in [2.45, 2.75) is 0 Å². The van der Waals surface area contributed by atoms with Crippen molar-refractivity contribution in [2.24, 2.45) is 0 Å². The van der Waals surface area contributed by atoms with Crippen LogP contribution in [0.15, 0.2) is 29.3 Å². The Morgan fingerprint density at radius 1 is 1.46 bits per heavy atom. The summed E-state index contributed by atoms with van der Waals surface area (Å²) in [7, 11) is 0. The Labute approximate surface area is 81.2 Å². The molecule has 3 nitrogen and oxygen atoms in total. The number of benzene rings is 1. The lowest BCUT2D eigenvalue weighted by atomic mass is 10.2. The third-order valence-electron chi connectivity index (χ3n) is 1.70. The molecule has 0 radical (unpaired) electrons. The van der Waals surface area contributed by atoms with Crippen molar-refractivity contribution in [1.82, 2.24) is 8.58 Å². The van der Waals surface area contributed by atoms with Crippen LogP contribution in [0.4, 0.5) is 4.39 Å². The van der Waals surface area contributed by atoms with Crippen molar-refractivity contribution in [3.8, 4) is 0 Å². The van der Waals surface area contributed by atoms with Gasteiger partial charge in [-0.1, -0.05) is 0 Å². The van der Waals surface area contributed by atoms with Gasteiger partial charge in [-0.15, -0.1) is 0 Å². The lowest BCUT2D eigenvalue weighted by molar-refractivity contribution is 0.629. The molecule has 0 N–H and O–H groups in total. The van der Waals surface area contributed by atoms with Crippen molar-refractivity contribution < 1.29 is 4.39 Å². The molecule has 0 bridgehead atoms. The van der Waals surface area contributed by atoms with Crippen molar-refractivity contribution in [1.29, 1.82) is 0 Å². The maximum Gasteiger partial charge on any atom is 0.280 e. The molecule has 0 spiro atoms. The van der Waals surface area contributed by atoms with Crippen LogP contribution in [0.2, 0.25) is 0 Å². The number of fused-ring (bicyclic) bond motifs is 1. The Morgan fingerprint density at radius 3 is 3.00 bits per heavy atom. The molecule has 0 aliphatic carbocycles. The highest BCUT2D eigenvalue weighted by atomic mass is 79.9. The molecule has 0 fully saturated rings. The summed E-state index contributed by atoms with van der Waals surface area (Å²) in [6.45, 7) is 0. The first-order chi connectivity index (χ1) is 6.18. The summed E-state index contributed by atoms with van der Waals surface area (Å²) < 4.78 is 14.2. The van der Waals surface area contributed by atoms with E-state index < -0.39 is 11.4 Å². The maximum absolute atomic E-state index is 12.8. The summed E-state index contributed by atoms with van der Waals surface area (Å²) in [5, 5.41) is 0.263. The quantitative estimate of drug-likeness (QED) is 0.705. The summed E-state index contributed by atoms with van der Waals surface area (Å²) >= 11 is 3.15. The van der Waals surface area contributed by atoms with Gasteiger partial charge in [0.25, 0.3) is 5.56 Å². The lowest BCUT2D eigenvalue weighted by Gasteiger charge is -2.00. The summed E-state index contributed by atoms with van der Waals surface area (Å²) in [6, 6.07) is 3.98. The van der Waals surface area contributed by atoms with Gasteiger partial charge in [-0.2, -0.15) is 4.98 Å². The fourth-order valence-electron chi connectivity index (χ4n) is 1.10. The maximum atomic E-state index is 12.8. The van der Waals surface area contributed by atoms with E-state index >= 15 is 0 Å². The highest BCUT2D eigenvalue weighted by molar-refractivity contribution is 9.08. The molecule has 1 aromatic heterocycles. The molecular weight excluding hydrogens is 239 g/mol. The number of hydrogen-bond acceptors (Lipinski definition) is 2. The van der Waals surface area contributed by atoms with Gasteiger partial charge in [-0.25, -0.2) is 4.39 Å². The number of halogens is 2. The first-order valence-electron chi connectivity index (χ1n) is 3.51. The topological polar surface area (TPSA) is 34.9 Å². The molecule has 0 amide bonds. The summed E-state index contributed by atoms with van der Waals surface area (Å²) in [5.74, 6) is -0.440. The third-order valence-corrected chi connectivity index (χ3v) is 2.26. The van der Waals surface area contributed by atoms with Crippen LogP contribution in [0.5, 0.6) is 0 Å². The molecule has 2 rings (SSSR count). The van der Waals surface area contributed by atoms with Gasteiger partial charge in [0.15, 0.2) is 0 Å². The molecule has 0 saturated heterocycles. The van der Waals surface area contributed by atoms with Gasteiger partial charge in [0.2, 0.25) is 0 Å². The lowest BCUT2D eigenvalue weighted by Crippen LogP contribution is -2.08. The minimum Gasteiger partial charge on any atom is -0.267 e. The van der Waals surface area contributed by atoms with Crippen molar-refractivity contribution >= 4 is 27.1 Å². The molecule has 13 heavy (non-hydrogen) atoms. The minimum atomic E-state index is -0.440. The normalized spacial score (nSPS) is 10.6. The third kappa shape index (κ3) is 1.35. The van der Waals surface area contributed by atoms with E-state index in [4.69, 9.17) is 0 Å². The SMILES string of the molecule is O=c1ncn(Br)c2ccc(F)cc12. The van der Waals surface area contributed by atoms with E-state index in [0.29, 0.717) is 5.52 Å².